The fourth-order valence-corrected chi connectivity index (χ4v) is 4.91. The minimum Gasteiger partial charge on any atom is -0.444 e. The molecule has 0 saturated carbocycles. The number of amides is 4. The summed E-state index contributed by atoms with van der Waals surface area (Å²) in [5.41, 5.74) is 8.18. The maximum Gasteiger partial charge on any atom is 0.408 e. The third-order valence-corrected chi connectivity index (χ3v) is 7.04. The van der Waals surface area contributed by atoms with Crippen LogP contribution in [0.3, 0.4) is 0 Å². The van der Waals surface area contributed by atoms with Crippen LogP contribution in [0.5, 0.6) is 0 Å². The van der Waals surface area contributed by atoms with Gasteiger partial charge in [-0.1, -0.05) is 86.7 Å². The summed E-state index contributed by atoms with van der Waals surface area (Å²) in [6, 6.07) is 13.3. The first kappa shape index (κ1) is 35.3. The Kier molecular flexibility index (Phi) is 14.2. The molecule has 0 saturated heterocycles. The van der Waals surface area contributed by atoms with Crippen LogP contribution in [0.25, 0.3) is 0 Å². The summed E-state index contributed by atoms with van der Waals surface area (Å²) < 4.78 is 5.43. The topological polar surface area (TPSA) is 131 Å². The number of aryl methyl sites for hydroxylation is 2. The lowest BCUT2D eigenvalue weighted by Crippen LogP contribution is -2.53. The van der Waals surface area contributed by atoms with E-state index in [4.69, 9.17) is 10.5 Å². The summed E-state index contributed by atoms with van der Waals surface area (Å²) in [7, 11) is 0. The van der Waals surface area contributed by atoms with Gasteiger partial charge < -0.3 is 26.0 Å². The SMILES string of the molecule is CCCCCCCN(C(=O)C(CCC(N)=O)NC(=O)OC(C)(C)C)C(C(=O)NCc1ccccc1)c1ccc(C)cc1C. The number of benzene rings is 2. The Bertz CT molecular complexity index is 1210. The molecule has 2 aromatic carbocycles. The van der Waals surface area contributed by atoms with Crippen LogP contribution in [0, 0.1) is 13.8 Å². The van der Waals surface area contributed by atoms with Crippen molar-refractivity contribution in [2.24, 2.45) is 5.73 Å². The third-order valence-electron chi connectivity index (χ3n) is 7.04. The summed E-state index contributed by atoms with van der Waals surface area (Å²) >= 11 is 0. The molecule has 4 N–H and O–H groups in total. The number of alkyl carbamates (subject to hydrolysis) is 1. The minimum atomic E-state index is -1.12. The molecule has 0 spiro atoms. The van der Waals surface area contributed by atoms with E-state index >= 15 is 0 Å². The number of rotatable bonds is 16. The number of nitrogens with zero attached hydrogens (tertiary/aromatic N) is 1. The fourth-order valence-electron chi connectivity index (χ4n) is 4.91. The summed E-state index contributed by atoms with van der Waals surface area (Å²) in [4.78, 5) is 54.5. The molecule has 2 aromatic rings. The highest BCUT2D eigenvalue weighted by atomic mass is 16.6. The van der Waals surface area contributed by atoms with Gasteiger partial charge in [-0.15, -0.1) is 0 Å². The molecule has 0 aromatic heterocycles. The molecule has 9 nitrogen and oxygen atoms in total. The van der Waals surface area contributed by atoms with E-state index in [1.54, 1.807) is 25.7 Å². The number of ether oxygens (including phenoxy) is 1. The number of primary amides is 1. The highest BCUT2D eigenvalue weighted by Gasteiger charge is 2.36. The highest BCUT2D eigenvalue weighted by molar-refractivity contribution is 5.92. The van der Waals surface area contributed by atoms with Crippen LogP contribution in [0.4, 0.5) is 4.79 Å². The van der Waals surface area contributed by atoms with E-state index in [0.717, 1.165) is 42.4 Å². The van der Waals surface area contributed by atoms with Crippen LogP contribution < -0.4 is 16.4 Å². The Morgan fingerprint density at radius 3 is 2.23 bits per heavy atom. The maximum absolute atomic E-state index is 14.4. The van der Waals surface area contributed by atoms with Gasteiger partial charge in [0.1, 0.15) is 17.7 Å². The van der Waals surface area contributed by atoms with Gasteiger partial charge in [-0.05, 0) is 64.2 Å². The minimum absolute atomic E-state index is 0.0228. The Labute approximate surface area is 256 Å². The van der Waals surface area contributed by atoms with Crippen molar-refractivity contribution in [1.29, 1.82) is 0 Å². The van der Waals surface area contributed by atoms with Gasteiger partial charge in [-0.3, -0.25) is 14.4 Å². The summed E-state index contributed by atoms with van der Waals surface area (Å²) in [6.45, 7) is 11.8. The Morgan fingerprint density at radius 1 is 0.953 bits per heavy atom. The lowest BCUT2D eigenvalue weighted by atomic mass is 9.95. The number of hydrogen-bond acceptors (Lipinski definition) is 5. The number of carbonyl (C=O) groups is 4. The van der Waals surface area contributed by atoms with Crippen LogP contribution in [-0.4, -0.2) is 46.9 Å². The lowest BCUT2D eigenvalue weighted by Gasteiger charge is -2.35. The largest absolute Gasteiger partial charge is 0.444 e. The average molecular weight is 595 g/mol. The predicted molar refractivity (Wildman–Crippen MR) is 169 cm³/mol. The Balaban J connectivity index is 2.53. The van der Waals surface area contributed by atoms with Crippen molar-refractivity contribution < 1.29 is 23.9 Å². The number of carbonyl (C=O) groups excluding carboxylic acids is 4. The van der Waals surface area contributed by atoms with Crippen molar-refractivity contribution in [1.82, 2.24) is 15.5 Å². The second-order valence-electron chi connectivity index (χ2n) is 12.1. The lowest BCUT2D eigenvalue weighted by molar-refractivity contribution is -0.143. The first-order valence-corrected chi connectivity index (χ1v) is 15.3. The highest BCUT2D eigenvalue weighted by Crippen LogP contribution is 2.28. The number of nitrogens with two attached hydrogens (primary N) is 1. The van der Waals surface area contributed by atoms with E-state index in [0.29, 0.717) is 25.1 Å². The Hall–Kier alpha value is -3.88. The predicted octanol–water partition coefficient (Wildman–Crippen LogP) is 5.62. The van der Waals surface area contributed by atoms with Crippen molar-refractivity contribution in [3.63, 3.8) is 0 Å². The molecule has 2 atom stereocenters. The molecule has 4 amide bonds. The van der Waals surface area contributed by atoms with Crippen LogP contribution in [0.1, 0.15) is 101 Å². The van der Waals surface area contributed by atoms with E-state index < -0.39 is 35.6 Å². The number of hydrogen-bond donors (Lipinski definition) is 3. The monoisotopic (exact) mass is 594 g/mol. The van der Waals surface area contributed by atoms with Gasteiger partial charge in [0.2, 0.25) is 17.7 Å². The van der Waals surface area contributed by atoms with Gasteiger partial charge in [0.25, 0.3) is 0 Å². The van der Waals surface area contributed by atoms with Crippen LogP contribution in [0.15, 0.2) is 48.5 Å². The molecular weight excluding hydrogens is 544 g/mol. The van der Waals surface area contributed by atoms with Crippen molar-refractivity contribution in [2.75, 3.05) is 6.54 Å². The molecule has 0 fully saturated rings. The van der Waals surface area contributed by atoms with Gasteiger partial charge in [0, 0.05) is 19.5 Å². The summed E-state index contributed by atoms with van der Waals surface area (Å²) in [6.07, 6.45) is 3.79. The van der Waals surface area contributed by atoms with E-state index in [1.165, 1.54) is 0 Å². The molecule has 0 bridgehead atoms. The Morgan fingerprint density at radius 2 is 1.63 bits per heavy atom. The zero-order chi connectivity index (χ0) is 32.0. The molecule has 2 rings (SSSR count). The normalized spacial score (nSPS) is 12.6. The van der Waals surface area contributed by atoms with E-state index in [1.807, 2.05) is 62.4 Å². The first-order chi connectivity index (χ1) is 20.3. The van der Waals surface area contributed by atoms with Crippen LogP contribution in [0.2, 0.25) is 0 Å². The maximum atomic E-state index is 14.4. The summed E-state index contributed by atoms with van der Waals surface area (Å²) in [5.74, 6) is -1.40. The molecule has 0 heterocycles. The summed E-state index contributed by atoms with van der Waals surface area (Å²) in [5, 5.41) is 5.68. The van der Waals surface area contributed by atoms with Crippen molar-refractivity contribution in [3.8, 4) is 0 Å². The first-order valence-electron chi connectivity index (χ1n) is 15.3. The van der Waals surface area contributed by atoms with E-state index in [9.17, 15) is 19.2 Å². The molecule has 43 heavy (non-hydrogen) atoms. The zero-order valence-corrected chi connectivity index (χ0v) is 26.7. The molecule has 236 valence electrons. The third kappa shape index (κ3) is 12.5. The van der Waals surface area contributed by atoms with Crippen LogP contribution in [-0.2, 0) is 25.7 Å². The van der Waals surface area contributed by atoms with Gasteiger partial charge in [0.05, 0.1) is 0 Å². The van der Waals surface area contributed by atoms with Crippen molar-refractivity contribution in [3.05, 3.63) is 70.8 Å². The van der Waals surface area contributed by atoms with E-state index in [-0.39, 0.29) is 18.7 Å². The standard InChI is InChI=1S/C34H50N4O5/c1-7-8-9-10-14-21-38(32(41)28(19-20-29(35)39)37-33(42)43-34(4,5)6)30(27-18-17-24(2)22-25(27)3)31(40)36-23-26-15-12-11-13-16-26/h11-13,15-18,22,28,30H,7-10,14,19-21,23H2,1-6H3,(H2,35,39)(H,36,40)(H,37,42). The zero-order valence-electron chi connectivity index (χ0n) is 26.7. The van der Waals surface area contributed by atoms with Gasteiger partial charge >= 0.3 is 6.09 Å². The fraction of sp³-hybridized carbons (Fsp3) is 0.529. The average Bonchev–Trinajstić information content (AvgIpc) is 2.93. The van der Waals surface area contributed by atoms with Gasteiger partial charge in [-0.2, -0.15) is 0 Å². The molecule has 0 aliphatic heterocycles. The molecule has 0 aliphatic carbocycles. The second-order valence-corrected chi connectivity index (χ2v) is 12.1. The van der Waals surface area contributed by atoms with Gasteiger partial charge in [0.15, 0.2) is 0 Å². The van der Waals surface area contributed by atoms with Crippen LogP contribution >= 0.6 is 0 Å². The molecule has 0 aliphatic rings. The van der Waals surface area contributed by atoms with E-state index in [2.05, 4.69) is 17.6 Å². The van der Waals surface area contributed by atoms with Crippen molar-refractivity contribution >= 4 is 23.8 Å². The smallest absolute Gasteiger partial charge is 0.408 e. The molecular formula is C34H50N4O5. The second kappa shape index (κ2) is 17.3. The number of nitrogens with one attached hydrogen (secondary N) is 2. The number of unbranched alkanes of at least 4 members (excludes halogenated alkanes) is 4. The molecule has 2 unspecified atom stereocenters. The molecule has 0 radical (unpaired) electrons. The van der Waals surface area contributed by atoms with Crippen molar-refractivity contribution in [2.45, 2.75) is 111 Å². The quantitative estimate of drug-likeness (QED) is 0.217. The van der Waals surface area contributed by atoms with Gasteiger partial charge in [-0.25, -0.2) is 4.79 Å². The molecule has 9 heteroatoms.